The number of hydrogen-bond acceptors (Lipinski definition) is 8. The van der Waals surface area contributed by atoms with Crippen LogP contribution in [0.2, 0.25) is 0 Å². The van der Waals surface area contributed by atoms with Crippen LogP contribution >= 0.6 is 0 Å². The molecule has 0 fully saturated rings. The van der Waals surface area contributed by atoms with Crippen molar-refractivity contribution in [1.82, 2.24) is 10.6 Å². The van der Waals surface area contributed by atoms with E-state index in [0.717, 1.165) is 6.42 Å². The van der Waals surface area contributed by atoms with Crippen molar-refractivity contribution in [2.75, 3.05) is 26.4 Å². The summed E-state index contributed by atoms with van der Waals surface area (Å²) in [7, 11) is 0. The Hall–Kier alpha value is -3.04. The fraction of sp³-hybridized carbons (Fsp3) is 0.652. The van der Waals surface area contributed by atoms with E-state index >= 15 is 0 Å². The highest BCUT2D eigenvalue weighted by Gasteiger charge is 2.27. The summed E-state index contributed by atoms with van der Waals surface area (Å²) in [5.74, 6) is -0.748. The van der Waals surface area contributed by atoms with E-state index in [-0.39, 0.29) is 43.0 Å². The van der Waals surface area contributed by atoms with E-state index in [1.807, 2.05) is 13.8 Å². The van der Waals surface area contributed by atoms with Crippen molar-refractivity contribution in [3.8, 4) is 0 Å². The van der Waals surface area contributed by atoms with Gasteiger partial charge in [-0.1, -0.05) is 40.9 Å². The summed E-state index contributed by atoms with van der Waals surface area (Å²) in [5, 5.41) is 5.17. The molecule has 2 N–H and O–H groups in total. The van der Waals surface area contributed by atoms with E-state index in [0.29, 0.717) is 12.3 Å². The van der Waals surface area contributed by atoms with E-state index in [1.165, 1.54) is 13.8 Å². The molecule has 0 rings (SSSR count). The van der Waals surface area contributed by atoms with E-state index in [4.69, 9.17) is 18.9 Å². The van der Waals surface area contributed by atoms with Crippen molar-refractivity contribution in [3.05, 3.63) is 24.3 Å². The number of nitrogens with one attached hydrogen (secondary N) is 2. The summed E-state index contributed by atoms with van der Waals surface area (Å²) in [4.78, 5) is 47.0. The van der Waals surface area contributed by atoms with Gasteiger partial charge in [0, 0.05) is 11.1 Å². The summed E-state index contributed by atoms with van der Waals surface area (Å²) in [6, 6.07) is 0. The summed E-state index contributed by atoms with van der Waals surface area (Å²) >= 11 is 0. The second kappa shape index (κ2) is 14.9. The van der Waals surface area contributed by atoms with Crippen LogP contribution < -0.4 is 10.6 Å². The normalized spacial score (nSPS) is 10.9. The Kier molecular flexibility index (Phi) is 13.5. The molecule has 0 aromatic heterocycles. The fourth-order valence-electron chi connectivity index (χ4n) is 3.03. The highest BCUT2D eigenvalue weighted by Crippen LogP contribution is 2.30. The minimum Gasteiger partial charge on any atom is -0.459 e. The molecule has 0 saturated carbocycles. The van der Waals surface area contributed by atoms with Gasteiger partial charge in [-0.3, -0.25) is 0 Å². The smallest absolute Gasteiger partial charge is 0.408 e. The van der Waals surface area contributed by atoms with Crippen LogP contribution in [0.5, 0.6) is 0 Å². The summed E-state index contributed by atoms with van der Waals surface area (Å²) < 4.78 is 19.7. The molecule has 0 atom stereocenters. The highest BCUT2D eigenvalue weighted by atomic mass is 16.6. The van der Waals surface area contributed by atoms with Gasteiger partial charge in [0.2, 0.25) is 0 Å². The Morgan fingerprint density at radius 3 is 1.42 bits per heavy atom. The molecule has 0 aliphatic heterocycles. The first-order valence-corrected chi connectivity index (χ1v) is 10.8. The van der Waals surface area contributed by atoms with Gasteiger partial charge in [-0.25, -0.2) is 19.2 Å². The van der Waals surface area contributed by atoms with Crippen LogP contribution in [-0.2, 0) is 28.5 Å². The Bertz CT molecular complexity index is 667. The maximum absolute atomic E-state index is 12.2. The van der Waals surface area contributed by atoms with E-state index in [9.17, 15) is 19.2 Å². The molecule has 33 heavy (non-hydrogen) atoms. The van der Waals surface area contributed by atoms with Crippen LogP contribution in [0.15, 0.2) is 24.3 Å². The van der Waals surface area contributed by atoms with Gasteiger partial charge in [0.15, 0.2) is 0 Å². The zero-order valence-electron chi connectivity index (χ0n) is 20.6. The number of hydrogen-bond donors (Lipinski definition) is 2. The molecule has 0 aliphatic rings. The lowest BCUT2D eigenvalue weighted by Gasteiger charge is -2.31. The molecular weight excluding hydrogens is 432 g/mol. The first-order valence-electron chi connectivity index (χ1n) is 10.8. The quantitative estimate of drug-likeness (QED) is 0.130. The van der Waals surface area contributed by atoms with E-state index < -0.39 is 30.3 Å². The number of esters is 2. The van der Waals surface area contributed by atoms with E-state index in [1.54, 1.807) is 0 Å². The third kappa shape index (κ3) is 15.4. The number of ether oxygens (including phenoxy) is 4. The molecule has 0 bridgehead atoms. The largest absolute Gasteiger partial charge is 0.459 e. The molecule has 2 amide bonds. The highest BCUT2D eigenvalue weighted by molar-refractivity contribution is 5.87. The third-order valence-electron chi connectivity index (χ3n) is 4.10. The minimum absolute atomic E-state index is 0.124. The molecule has 0 heterocycles. The van der Waals surface area contributed by atoms with Gasteiger partial charge in [0.25, 0.3) is 0 Å². The molecule has 0 aromatic rings. The van der Waals surface area contributed by atoms with Crippen molar-refractivity contribution < 1.29 is 38.1 Å². The fourth-order valence-corrected chi connectivity index (χ4v) is 3.03. The van der Waals surface area contributed by atoms with Crippen LogP contribution in [-0.4, -0.2) is 56.7 Å². The lowest BCUT2D eigenvalue weighted by atomic mass is 9.80. The maximum atomic E-state index is 12.2. The van der Waals surface area contributed by atoms with Crippen molar-refractivity contribution in [2.24, 2.45) is 11.3 Å². The minimum atomic E-state index is -0.789. The number of amides is 2. The van der Waals surface area contributed by atoms with E-state index in [2.05, 4.69) is 37.6 Å². The molecular formula is C23H38N2O8. The molecule has 0 aliphatic carbocycles. The lowest BCUT2D eigenvalue weighted by Crippen LogP contribution is -2.50. The Morgan fingerprint density at radius 2 is 1.09 bits per heavy atom. The molecule has 0 radical (unpaired) electrons. The summed E-state index contributed by atoms with van der Waals surface area (Å²) in [6.45, 7) is 17.6. The van der Waals surface area contributed by atoms with Crippen LogP contribution in [0.1, 0.15) is 54.4 Å². The Morgan fingerprint density at radius 1 is 0.727 bits per heavy atom. The molecule has 0 saturated heterocycles. The van der Waals surface area contributed by atoms with Crippen LogP contribution in [0, 0.1) is 11.3 Å². The molecule has 0 spiro atoms. The SMILES string of the molecule is C=C(C)C(=O)OCCOC(=O)NC(CC(C)(C)CC(C)C)NC(=O)OCCOC(=O)C(=C)C. The van der Waals surface area contributed by atoms with Gasteiger partial charge in [-0.2, -0.15) is 0 Å². The average molecular weight is 471 g/mol. The van der Waals surface area contributed by atoms with Crippen LogP contribution in [0.25, 0.3) is 0 Å². The van der Waals surface area contributed by atoms with Crippen LogP contribution in [0.4, 0.5) is 9.59 Å². The Balaban J connectivity index is 4.76. The predicted molar refractivity (Wildman–Crippen MR) is 122 cm³/mol. The van der Waals surface area contributed by atoms with Gasteiger partial charge < -0.3 is 29.6 Å². The average Bonchev–Trinajstić information content (AvgIpc) is 2.66. The van der Waals surface area contributed by atoms with Gasteiger partial charge in [0.1, 0.15) is 32.6 Å². The number of carbonyl (C=O) groups excluding carboxylic acids is 4. The van der Waals surface area contributed by atoms with Crippen LogP contribution in [0.3, 0.4) is 0 Å². The predicted octanol–water partition coefficient (Wildman–Crippen LogP) is 3.47. The molecule has 10 heteroatoms. The van der Waals surface area contributed by atoms with Crippen molar-refractivity contribution in [2.45, 2.75) is 60.5 Å². The van der Waals surface area contributed by atoms with Gasteiger partial charge in [-0.15, -0.1) is 0 Å². The second-order valence-corrected chi connectivity index (χ2v) is 8.91. The summed E-state index contributed by atoms with van der Waals surface area (Å²) in [5.41, 5.74) is 0.265. The van der Waals surface area contributed by atoms with Crippen molar-refractivity contribution in [1.29, 1.82) is 0 Å². The maximum Gasteiger partial charge on any atom is 0.408 e. The number of carbonyl (C=O) groups is 4. The standard InChI is InChI=1S/C23H38N2O8/c1-15(2)13-23(7,8)14-18(24-21(28)32-11-9-30-19(26)16(3)4)25-22(29)33-12-10-31-20(27)17(5)6/h15,18H,3,5,9-14H2,1-2,4,6-8H3,(H,24,28)(H,25,29). The summed E-state index contributed by atoms with van der Waals surface area (Å²) in [6.07, 6.45) is -1.10. The molecule has 10 nitrogen and oxygen atoms in total. The third-order valence-corrected chi connectivity index (χ3v) is 4.10. The van der Waals surface area contributed by atoms with Crippen molar-refractivity contribution in [3.63, 3.8) is 0 Å². The Labute approximate surface area is 196 Å². The van der Waals surface area contributed by atoms with Gasteiger partial charge in [-0.05, 0) is 38.0 Å². The second-order valence-electron chi connectivity index (χ2n) is 8.91. The van der Waals surface area contributed by atoms with Gasteiger partial charge >= 0.3 is 24.1 Å². The van der Waals surface area contributed by atoms with Crippen molar-refractivity contribution >= 4 is 24.1 Å². The van der Waals surface area contributed by atoms with Gasteiger partial charge in [0.05, 0.1) is 0 Å². The molecule has 0 unspecified atom stereocenters. The lowest BCUT2D eigenvalue weighted by molar-refractivity contribution is -0.140. The zero-order chi connectivity index (χ0) is 25.6. The molecule has 0 aromatic carbocycles. The topological polar surface area (TPSA) is 129 Å². The zero-order valence-corrected chi connectivity index (χ0v) is 20.6. The first kappa shape index (κ1) is 30.0. The number of rotatable bonds is 14. The monoisotopic (exact) mass is 470 g/mol. The number of alkyl carbamates (subject to hydrolysis) is 2. The first-order chi connectivity index (χ1) is 15.2. The molecule has 188 valence electrons.